The summed E-state index contributed by atoms with van der Waals surface area (Å²) in [6.07, 6.45) is 2.02. The zero-order valence-corrected chi connectivity index (χ0v) is 9.50. The van der Waals surface area contributed by atoms with Crippen LogP contribution in [0.1, 0.15) is 23.7 Å². The molecular weight excluding hydrogens is 225 g/mol. The van der Waals surface area contributed by atoms with Gasteiger partial charge in [0.15, 0.2) is 11.6 Å². The van der Waals surface area contributed by atoms with Gasteiger partial charge in [-0.25, -0.2) is 9.37 Å². The summed E-state index contributed by atoms with van der Waals surface area (Å²) in [5, 5.41) is 2.75. The fraction of sp³-hybridized carbons (Fsp3) is 0.455. The molecule has 1 aromatic heterocycles. The Balaban J connectivity index is 2.17. The van der Waals surface area contributed by atoms with Crippen molar-refractivity contribution in [2.24, 2.45) is 0 Å². The van der Waals surface area contributed by atoms with E-state index in [0.717, 1.165) is 0 Å². The Morgan fingerprint density at radius 2 is 2.47 bits per heavy atom. The van der Waals surface area contributed by atoms with E-state index in [1.807, 2.05) is 6.92 Å². The molecule has 92 valence electrons. The van der Waals surface area contributed by atoms with Crippen molar-refractivity contribution in [1.82, 2.24) is 10.3 Å². The highest BCUT2D eigenvalue weighted by Gasteiger charge is 2.32. The minimum Gasteiger partial charge on any atom is -0.381 e. The molecule has 1 fully saturated rings. The normalized spacial score (nSPS) is 23.6. The number of nitrogens with one attached hydrogen (secondary N) is 1. The van der Waals surface area contributed by atoms with Crippen LogP contribution in [0, 0.1) is 5.82 Å². The van der Waals surface area contributed by atoms with Gasteiger partial charge in [-0.05, 0) is 19.4 Å². The van der Waals surface area contributed by atoms with Gasteiger partial charge in [-0.3, -0.25) is 4.79 Å². The average Bonchev–Trinajstić information content (AvgIpc) is 2.68. The number of aromatic nitrogens is 1. The molecule has 1 unspecified atom stereocenters. The number of nitrogens with zero attached hydrogens (tertiary/aromatic N) is 1. The number of ether oxygens (including phenoxy) is 1. The summed E-state index contributed by atoms with van der Waals surface area (Å²) in [5.74, 6) is -1.55. The third-order valence-electron chi connectivity index (χ3n) is 2.79. The lowest BCUT2D eigenvalue weighted by Gasteiger charge is -2.23. The smallest absolute Gasteiger partial charge is 0.254 e. The number of amides is 1. The second-order valence-corrected chi connectivity index (χ2v) is 4.38. The van der Waals surface area contributed by atoms with Crippen LogP contribution in [0.2, 0.25) is 0 Å². The minimum absolute atomic E-state index is 0.0920. The molecule has 1 saturated heterocycles. The van der Waals surface area contributed by atoms with Crippen LogP contribution in [0.5, 0.6) is 0 Å². The van der Waals surface area contributed by atoms with E-state index in [1.165, 1.54) is 12.3 Å². The van der Waals surface area contributed by atoms with E-state index in [1.54, 1.807) is 0 Å². The molecule has 2 heterocycles. The summed E-state index contributed by atoms with van der Waals surface area (Å²) in [7, 11) is 0. The molecule has 0 aromatic carbocycles. The van der Waals surface area contributed by atoms with Crippen LogP contribution in [0.15, 0.2) is 12.3 Å². The van der Waals surface area contributed by atoms with Crippen molar-refractivity contribution in [2.45, 2.75) is 18.9 Å². The Morgan fingerprint density at radius 1 is 1.71 bits per heavy atom. The Kier molecular flexibility index (Phi) is 2.97. The van der Waals surface area contributed by atoms with Crippen molar-refractivity contribution < 1.29 is 13.9 Å². The predicted octanol–water partition coefficient (Wildman–Crippen LogP) is 0.712. The first kappa shape index (κ1) is 11.8. The van der Waals surface area contributed by atoms with E-state index >= 15 is 0 Å². The molecule has 0 saturated carbocycles. The van der Waals surface area contributed by atoms with E-state index in [-0.39, 0.29) is 11.4 Å². The fourth-order valence-electron chi connectivity index (χ4n) is 1.74. The molecule has 1 aliphatic rings. The molecule has 3 N–H and O–H groups in total. The maximum Gasteiger partial charge on any atom is 0.254 e. The van der Waals surface area contributed by atoms with Gasteiger partial charge in [0.05, 0.1) is 17.7 Å². The van der Waals surface area contributed by atoms with E-state index < -0.39 is 17.3 Å². The van der Waals surface area contributed by atoms with Crippen LogP contribution < -0.4 is 11.1 Å². The lowest BCUT2D eigenvalue weighted by Crippen LogP contribution is -2.46. The first-order chi connectivity index (χ1) is 8.02. The summed E-state index contributed by atoms with van der Waals surface area (Å²) >= 11 is 0. The van der Waals surface area contributed by atoms with E-state index in [0.29, 0.717) is 19.6 Å². The Bertz CT molecular complexity index is 444. The molecule has 0 spiro atoms. The van der Waals surface area contributed by atoms with Crippen LogP contribution in [-0.2, 0) is 4.74 Å². The molecule has 6 heteroatoms. The predicted molar refractivity (Wildman–Crippen MR) is 59.9 cm³/mol. The number of hydrogen-bond acceptors (Lipinski definition) is 4. The summed E-state index contributed by atoms with van der Waals surface area (Å²) in [5.41, 5.74) is 4.77. The SMILES string of the molecule is CC1(NC(=O)c2ccnc(N)c2F)CCOC1. The van der Waals surface area contributed by atoms with Gasteiger partial charge >= 0.3 is 0 Å². The standard InChI is InChI=1S/C11H14FN3O2/c1-11(3-5-17-6-11)15-10(16)7-2-4-14-9(13)8(7)12/h2,4H,3,5-6H2,1H3,(H2,13,14)(H,15,16). The van der Waals surface area contributed by atoms with Crippen molar-refractivity contribution in [3.05, 3.63) is 23.6 Å². The van der Waals surface area contributed by atoms with Crippen LogP contribution in [0.3, 0.4) is 0 Å². The Hall–Kier alpha value is -1.69. The van der Waals surface area contributed by atoms with Gasteiger partial charge in [-0.15, -0.1) is 0 Å². The van der Waals surface area contributed by atoms with Crippen LogP contribution in [0.25, 0.3) is 0 Å². The molecule has 17 heavy (non-hydrogen) atoms. The van der Waals surface area contributed by atoms with E-state index in [9.17, 15) is 9.18 Å². The lowest BCUT2D eigenvalue weighted by molar-refractivity contribution is 0.0885. The van der Waals surface area contributed by atoms with Crippen LogP contribution in [0.4, 0.5) is 10.2 Å². The van der Waals surface area contributed by atoms with Gasteiger partial charge in [0.1, 0.15) is 0 Å². The fourth-order valence-corrected chi connectivity index (χ4v) is 1.74. The Labute approximate surface area is 98.2 Å². The summed E-state index contributed by atoms with van der Waals surface area (Å²) in [4.78, 5) is 15.5. The summed E-state index contributed by atoms with van der Waals surface area (Å²) in [6, 6.07) is 1.31. The number of pyridine rings is 1. The first-order valence-electron chi connectivity index (χ1n) is 5.32. The topological polar surface area (TPSA) is 77.2 Å². The Morgan fingerprint density at radius 3 is 3.12 bits per heavy atom. The number of anilines is 1. The second-order valence-electron chi connectivity index (χ2n) is 4.38. The molecule has 1 aromatic rings. The van der Waals surface area contributed by atoms with Gasteiger partial charge in [-0.1, -0.05) is 0 Å². The highest BCUT2D eigenvalue weighted by molar-refractivity contribution is 5.95. The lowest BCUT2D eigenvalue weighted by atomic mass is 10.0. The van der Waals surface area contributed by atoms with Crippen molar-refractivity contribution >= 4 is 11.7 Å². The van der Waals surface area contributed by atoms with Crippen molar-refractivity contribution in [2.75, 3.05) is 18.9 Å². The number of hydrogen-bond donors (Lipinski definition) is 2. The quantitative estimate of drug-likeness (QED) is 0.796. The number of carbonyl (C=O) groups excluding carboxylic acids is 1. The number of nitrogen functional groups attached to an aromatic ring is 1. The minimum atomic E-state index is -0.785. The van der Waals surface area contributed by atoms with Gasteiger partial charge in [0, 0.05) is 12.8 Å². The van der Waals surface area contributed by atoms with E-state index in [2.05, 4.69) is 10.3 Å². The van der Waals surface area contributed by atoms with Gasteiger partial charge in [0.25, 0.3) is 5.91 Å². The number of halogens is 1. The molecule has 1 aliphatic heterocycles. The highest BCUT2D eigenvalue weighted by atomic mass is 19.1. The molecule has 1 amide bonds. The third-order valence-corrected chi connectivity index (χ3v) is 2.79. The zero-order chi connectivity index (χ0) is 12.5. The molecule has 5 nitrogen and oxygen atoms in total. The molecular formula is C11H14FN3O2. The van der Waals surface area contributed by atoms with Gasteiger partial charge in [0.2, 0.25) is 0 Å². The van der Waals surface area contributed by atoms with Crippen LogP contribution >= 0.6 is 0 Å². The van der Waals surface area contributed by atoms with E-state index in [4.69, 9.17) is 10.5 Å². The van der Waals surface area contributed by atoms with Crippen molar-refractivity contribution in [3.63, 3.8) is 0 Å². The summed E-state index contributed by atoms with van der Waals surface area (Å²) < 4.78 is 18.8. The third kappa shape index (κ3) is 2.36. The maximum atomic E-state index is 13.6. The van der Waals surface area contributed by atoms with Gasteiger partial charge < -0.3 is 15.8 Å². The highest BCUT2D eigenvalue weighted by Crippen LogP contribution is 2.19. The van der Waals surface area contributed by atoms with Crippen LogP contribution in [-0.4, -0.2) is 29.6 Å². The largest absolute Gasteiger partial charge is 0.381 e. The first-order valence-corrected chi connectivity index (χ1v) is 5.32. The average molecular weight is 239 g/mol. The molecule has 2 rings (SSSR count). The molecule has 0 radical (unpaired) electrons. The number of nitrogens with two attached hydrogens (primary N) is 1. The second kappa shape index (κ2) is 4.29. The van der Waals surface area contributed by atoms with Gasteiger partial charge in [-0.2, -0.15) is 0 Å². The maximum absolute atomic E-state index is 13.6. The summed E-state index contributed by atoms with van der Waals surface area (Å²) in [6.45, 7) is 2.89. The molecule has 0 aliphatic carbocycles. The molecule has 0 bridgehead atoms. The zero-order valence-electron chi connectivity index (χ0n) is 9.50. The number of rotatable bonds is 2. The van der Waals surface area contributed by atoms with Crippen molar-refractivity contribution in [1.29, 1.82) is 0 Å². The number of carbonyl (C=O) groups is 1. The van der Waals surface area contributed by atoms with Crippen molar-refractivity contribution in [3.8, 4) is 0 Å². The monoisotopic (exact) mass is 239 g/mol. The molecule has 1 atom stereocenters.